The third-order valence-corrected chi connectivity index (χ3v) is 2.67. The van der Waals surface area contributed by atoms with Crippen LogP contribution in [0.4, 0.5) is 0 Å². The fourth-order valence-corrected chi connectivity index (χ4v) is 1.88. The van der Waals surface area contributed by atoms with Gasteiger partial charge in [0.25, 0.3) is 0 Å². The van der Waals surface area contributed by atoms with Gasteiger partial charge in [0.05, 0.1) is 18.7 Å². The predicted octanol–water partition coefficient (Wildman–Crippen LogP) is 1.55. The maximum Gasteiger partial charge on any atom is 0.325 e. The number of carboxylic acid groups (broad SMARTS) is 1. The van der Waals surface area contributed by atoms with Crippen molar-refractivity contribution in [3.63, 3.8) is 0 Å². The Balaban J connectivity index is 3.25. The van der Waals surface area contributed by atoms with Gasteiger partial charge in [-0.2, -0.15) is 0 Å². The van der Waals surface area contributed by atoms with E-state index in [0.29, 0.717) is 21.5 Å². The van der Waals surface area contributed by atoms with E-state index in [-0.39, 0.29) is 0 Å². The molecule has 1 rings (SSSR count). The summed E-state index contributed by atoms with van der Waals surface area (Å²) in [7, 11) is 2.97. The molecule has 5 nitrogen and oxygen atoms in total. The second-order valence-electron chi connectivity index (χ2n) is 3.05. The van der Waals surface area contributed by atoms with Gasteiger partial charge in [-0.1, -0.05) is 0 Å². The zero-order valence-electron chi connectivity index (χ0n) is 8.86. The Morgan fingerprint density at radius 2 is 2.06 bits per heavy atom. The van der Waals surface area contributed by atoms with E-state index in [1.165, 1.54) is 14.2 Å². The molecular formula is C10H12BrNO4. The Bertz CT molecular complexity index is 408. The Kier molecular flexibility index (Phi) is 4.14. The maximum atomic E-state index is 10.8. The molecule has 1 aromatic carbocycles. The minimum Gasteiger partial charge on any atom is -0.493 e. The van der Waals surface area contributed by atoms with Crippen molar-refractivity contribution in [2.45, 2.75) is 6.04 Å². The number of methoxy groups -OCH3 is 2. The Labute approximate surface area is 101 Å². The minimum atomic E-state index is -1.10. The number of benzene rings is 1. The zero-order chi connectivity index (χ0) is 12.3. The Morgan fingerprint density at radius 3 is 2.50 bits per heavy atom. The molecule has 0 amide bonds. The molecule has 0 spiro atoms. The first kappa shape index (κ1) is 12.8. The van der Waals surface area contributed by atoms with Gasteiger partial charge in [0, 0.05) is 0 Å². The summed E-state index contributed by atoms with van der Waals surface area (Å²) in [4.78, 5) is 10.8. The monoisotopic (exact) mass is 289 g/mol. The molecule has 0 aromatic heterocycles. The number of nitrogens with two attached hydrogens (primary N) is 1. The lowest BCUT2D eigenvalue weighted by Crippen LogP contribution is -2.20. The van der Waals surface area contributed by atoms with Crippen LogP contribution in [0, 0.1) is 0 Å². The van der Waals surface area contributed by atoms with Crippen molar-refractivity contribution in [1.82, 2.24) is 0 Å². The van der Waals surface area contributed by atoms with E-state index in [4.69, 9.17) is 20.3 Å². The lowest BCUT2D eigenvalue weighted by molar-refractivity contribution is -0.138. The van der Waals surface area contributed by atoms with Gasteiger partial charge in [-0.15, -0.1) is 0 Å². The molecular weight excluding hydrogens is 278 g/mol. The summed E-state index contributed by atoms with van der Waals surface area (Å²) in [6.45, 7) is 0. The first-order chi connectivity index (χ1) is 7.51. The van der Waals surface area contributed by atoms with E-state index in [1.807, 2.05) is 0 Å². The summed E-state index contributed by atoms with van der Waals surface area (Å²) in [5, 5.41) is 8.80. The van der Waals surface area contributed by atoms with Crippen molar-refractivity contribution in [3.8, 4) is 11.5 Å². The van der Waals surface area contributed by atoms with Crippen molar-refractivity contribution >= 4 is 21.9 Å². The number of hydrogen-bond donors (Lipinski definition) is 2. The smallest absolute Gasteiger partial charge is 0.325 e. The summed E-state index contributed by atoms with van der Waals surface area (Å²) in [6.07, 6.45) is 0. The van der Waals surface area contributed by atoms with Crippen molar-refractivity contribution in [3.05, 3.63) is 22.2 Å². The third kappa shape index (κ3) is 2.45. The molecule has 0 radical (unpaired) electrons. The molecule has 6 heteroatoms. The molecule has 1 aromatic rings. The number of carbonyl (C=O) groups is 1. The van der Waals surface area contributed by atoms with E-state index < -0.39 is 12.0 Å². The average molecular weight is 290 g/mol. The van der Waals surface area contributed by atoms with Gasteiger partial charge < -0.3 is 20.3 Å². The van der Waals surface area contributed by atoms with Crippen molar-refractivity contribution in [1.29, 1.82) is 0 Å². The second-order valence-corrected chi connectivity index (χ2v) is 3.91. The number of ether oxygens (including phenoxy) is 2. The van der Waals surface area contributed by atoms with Gasteiger partial charge in [0.1, 0.15) is 6.04 Å². The number of hydrogen-bond acceptors (Lipinski definition) is 4. The molecule has 0 bridgehead atoms. The average Bonchev–Trinajstić information content (AvgIpc) is 2.26. The molecule has 3 N–H and O–H groups in total. The van der Waals surface area contributed by atoms with Gasteiger partial charge in [-0.25, -0.2) is 0 Å². The maximum absolute atomic E-state index is 10.8. The fraction of sp³-hybridized carbons (Fsp3) is 0.300. The van der Waals surface area contributed by atoms with Gasteiger partial charge >= 0.3 is 5.97 Å². The molecule has 1 unspecified atom stereocenters. The number of rotatable bonds is 4. The van der Waals surface area contributed by atoms with Crippen LogP contribution in [0.25, 0.3) is 0 Å². The first-order valence-corrected chi connectivity index (χ1v) is 5.20. The number of halogens is 1. The molecule has 0 heterocycles. The summed E-state index contributed by atoms with van der Waals surface area (Å²) in [6, 6.07) is 2.05. The highest BCUT2D eigenvalue weighted by molar-refractivity contribution is 9.10. The predicted molar refractivity (Wildman–Crippen MR) is 61.8 cm³/mol. The van der Waals surface area contributed by atoms with Crippen LogP contribution in [0.1, 0.15) is 11.6 Å². The summed E-state index contributed by atoms with van der Waals surface area (Å²) >= 11 is 3.26. The van der Waals surface area contributed by atoms with E-state index in [2.05, 4.69) is 15.9 Å². The van der Waals surface area contributed by atoms with E-state index in [9.17, 15) is 4.79 Å². The van der Waals surface area contributed by atoms with E-state index in [1.54, 1.807) is 12.1 Å². The summed E-state index contributed by atoms with van der Waals surface area (Å²) < 4.78 is 10.8. The van der Waals surface area contributed by atoms with Crippen molar-refractivity contribution in [2.24, 2.45) is 5.73 Å². The fourth-order valence-electron chi connectivity index (χ4n) is 1.26. The molecule has 1 atom stereocenters. The van der Waals surface area contributed by atoms with Crippen LogP contribution in [0.5, 0.6) is 11.5 Å². The number of carboxylic acids is 1. The molecule has 0 saturated carbocycles. The highest BCUT2D eigenvalue weighted by Gasteiger charge is 2.18. The third-order valence-electron chi connectivity index (χ3n) is 2.08. The van der Waals surface area contributed by atoms with Crippen LogP contribution >= 0.6 is 15.9 Å². The largest absolute Gasteiger partial charge is 0.493 e. The minimum absolute atomic E-state index is 0.434. The number of aliphatic carboxylic acids is 1. The topological polar surface area (TPSA) is 81.8 Å². The standard InChI is InChI=1S/C10H12BrNO4/c1-15-7-4-5(8(12)10(13)14)3-6(11)9(7)16-2/h3-4,8H,12H2,1-2H3,(H,13,14). The quantitative estimate of drug-likeness (QED) is 0.879. The SMILES string of the molecule is COc1cc(C(N)C(=O)O)cc(Br)c1OC. The van der Waals surface area contributed by atoms with Crippen molar-refractivity contribution in [2.75, 3.05) is 14.2 Å². The van der Waals surface area contributed by atoms with E-state index in [0.717, 1.165) is 0 Å². The Morgan fingerprint density at radius 1 is 1.44 bits per heavy atom. The highest BCUT2D eigenvalue weighted by atomic mass is 79.9. The van der Waals surface area contributed by atoms with Crippen LogP contribution < -0.4 is 15.2 Å². The second kappa shape index (κ2) is 5.18. The van der Waals surface area contributed by atoms with Crippen LogP contribution in [0.2, 0.25) is 0 Å². The van der Waals surface area contributed by atoms with Gasteiger partial charge in [0.15, 0.2) is 11.5 Å². The van der Waals surface area contributed by atoms with Crippen LogP contribution in [-0.2, 0) is 4.79 Å². The normalized spacial score (nSPS) is 12.0. The lowest BCUT2D eigenvalue weighted by Gasteiger charge is -2.13. The Hall–Kier alpha value is -1.27. The van der Waals surface area contributed by atoms with Gasteiger partial charge in [-0.05, 0) is 33.6 Å². The molecule has 0 fully saturated rings. The molecule has 0 aliphatic carbocycles. The zero-order valence-corrected chi connectivity index (χ0v) is 10.4. The van der Waals surface area contributed by atoms with Crippen LogP contribution in [0.3, 0.4) is 0 Å². The van der Waals surface area contributed by atoms with Crippen LogP contribution in [-0.4, -0.2) is 25.3 Å². The molecule has 88 valence electrons. The molecule has 0 aliphatic rings. The molecule has 0 aliphatic heterocycles. The van der Waals surface area contributed by atoms with Gasteiger partial charge in [0.2, 0.25) is 0 Å². The van der Waals surface area contributed by atoms with Gasteiger partial charge in [-0.3, -0.25) is 4.79 Å². The first-order valence-electron chi connectivity index (χ1n) is 4.41. The van der Waals surface area contributed by atoms with Crippen molar-refractivity contribution < 1.29 is 19.4 Å². The summed E-state index contributed by atoms with van der Waals surface area (Å²) in [5.41, 5.74) is 5.95. The van der Waals surface area contributed by atoms with Crippen LogP contribution in [0.15, 0.2) is 16.6 Å². The molecule has 0 saturated heterocycles. The van der Waals surface area contributed by atoms with E-state index >= 15 is 0 Å². The summed E-state index contributed by atoms with van der Waals surface area (Å²) in [5.74, 6) is -0.161. The highest BCUT2D eigenvalue weighted by Crippen LogP contribution is 2.37. The lowest BCUT2D eigenvalue weighted by atomic mass is 10.1. The molecule has 16 heavy (non-hydrogen) atoms.